The van der Waals surface area contributed by atoms with Gasteiger partial charge in [0.2, 0.25) is 5.91 Å². The molecule has 2 aliphatic rings. The van der Waals surface area contributed by atoms with Gasteiger partial charge in [-0.3, -0.25) is 9.78 Å². The zero-order valence-electron chi connectivity index (χ0n) is 18.6. The fourth-order valence-electron chi connectivity index (χ4n) is 5.47. The number of carbonyl (C=O) groups is 1. The van der Waals surface area contributed by atoms with Crippen molar-refractivity contribution in [3.63, 3.8) is 0 Å². The lowest BCUT2D eigenvalue weighted by Crippen LogP contribution is -2.47. The van der Waals surface area contributed by atoms with Crippen LogP contribution in [0.4, 0.5) is 4.39 Å². The van der Waals surface area contributed by atoms with E-state index in [-0.39, 0.29) is 5.91 Å². The van der Waals surface area contributed by atoms with Crippen molar-refractivity contribution in [2.45, 2.75) is 77.0 Å². The van der Waals surface area contributed by atoms with E-state index in [4.69, 9.17) is 0 Å². The number of carbonyl (C=O) groups excluding carboxylic acids is 1. The second-order valence-corrected chi connectivity index (χ2v) is 10.6. The summed E-state index contributed by atoms with van der Waals surface area (Å²) in [6.07, 6.45) is 7.22. The minimum atomic E-state index is -0.734. The maximum absolute atomic E-state index is 13.3. The van der Waals surface area contributed by atoms with Crippen LogP contribution in [0, 0.1) is 12.8 Å². The van der Waals surface area contributed by atoms with Crippen molar-refractivity contribution < 1.29 is 9.18 Å². The molecular weight excluding hydrogens is 423 g/mol. The molecule has 1 amide bonds. The number of fused-ring (bicyclic) bond motifs is 3. The van der Waals surface area contributed by atoms with Crippen LogP contribution in [0.15, 0.2) is 30.5 Å². The van der Waals surface area contributed by atoms with E-state index >= 15 is 0 Å². The Morgan fingerprint density at radius 3 is 2.66 bits per heavy atom. The first-order valence-corrected chi connectivity index (χ1v) is 12.4. The molecule has 5 nitrogen and oxygen atoms in total. The Morgan fingerprint density at radius 1 is 1.19 bits per heavy atom. The van der Waals surface area contributed by atoms with E-state index in [1.807, 2.05) is 31.3 Å². The predicted octanol–water partition coefficient (Wildman–Crippen LogP) is 5.51. The van der Waals surface area contributed by atoms with Gasteiger partial charge in [-0.2, -0.15) is 0 Å². The van der Waals surface area contributed by atoms with Gasteiger partial charge >= 0.3 is 0 Å². The number of aryl methyl sites for hydroxylation is 1. The third-order valence-electron chi connectivity index (χ3n) is 6.98. The molecule has 2 fully saturated rings. The van der Waals surface area contributed by atoms with Crippen LogP contribution in [-0.2, 0) is 11.2 Å². The lowest BCUT2D eigenvalue weighted by Gasteiger charge is -2.39. The molecule has 0 spiro atoms. The Bertz CT molecular complexity index is 1120. The third kappa shape index (κ3) is 4.40. The van der Waals surface area contributed by atoms with Gasteiger partial charge in [0, 0.05) is 29.2 Å². The molecule has 2 saturated heterocycles. The predicted molar refractivity (Wildman–Crippen MR) is 125 cm³/mol. The van der Waals surface area contributed by atoms with Crippen LogP contribution in [0.2, 0.25) is 0 Å². The Hall–Kier alpha value is -2.41. The van der Waals surface area contributed by atoms with Crippen LogP contribution in [0.25, 0.3) is 21.3 Å². The van der Waals surface area contributed by atoms with E-state index in [1.165, 1.54) is 0 Å². The number of rotatable bonds is 6. The molecule has 0 aliphatic carbocycles. The molecule has 2 aromatic heterocycles. The number of aromatic nitrogens is 3. The zero-order chi connectivity index (χ0) is 22.2. The highest BCUT2D eigenvalue weighted by Gasteiger charge is 2.42. The highest BCUT2D eigenvalue weighted by atomic mass is 32.1. The van der Waals surface area contributed by atoms with Gasteiger partial charge in [-0.15, -0.1) is 10.2 Å². The number of nitrogens with zero attached hydrogens (tertiary/aromatic N) is 4. The van der Waals surface area contributed by atoms with E-state index in [0.29, 0.717) is 30.8 Å². The monoisotopic (exact) mass is 452 g/mol. The number of halogens is 1. The molecule has 0 radical (unpaired) electrons. The quantitative estimate of drug-likeness (QED) is 0.495. The molecule has 5 rings (SSSR count). The Balaban J connectivity index is 1.29. The summed E-state index contributed by atoms with van der Waals surface area (Å²) < 4.78 is 13.3. The summed E-state index contributed by atoms with van der Waals surface area (Å²) in [6, 6.07) is 8.85. The molecule has 2 aliphatic heterocycles. The molecule has 2 unspecified atom stereocenters. The van der Waals surface area contributed by atoms with Crippen molar-refractivity contribution in [2.24, 2.45) is 5.92 Å². The molecule has 0 N–H and O–H groups in total. The standard InChI is InChI=1S/C25H29FN4OS/c1-15(26)3-4-17-9-22-7-8-23(10-17)30(22)24(31)13-21-12-20-11-18(5-6-19(20)14-27-21)25-29-28-16(2)32-25/h5-6,11-12,14-15,17,22-23H,3-4,7-10,13H2,1-2H3/t15?,17?,22-,23+. The largest absolute Gasteiger partial charge is 0.336 e. The smallest absolute Gasteiger partial charge is 0.229 e. The number of amides is 1. The van der Waals surface area contributed by atoms with Gasteiger partial charge in [0.25, 0.3) is 0 Å². The number of benzene rings is 1. The summed E-state index contributed by atoms with van der Waals surface area (Å²) in [7, 11) is 0. The van der Waals surface area contributed by atoms with Crippen molar-refractivity contribution in [1.82, 2.24) is 20.1 Å². The molecule has 3 aromatic rings. The van der Waals surface area contributed by atoms with Crippen molar-refractivity contribution in [3.8, 4) is 10.6 Å². The van der Waals surface area contributed by atoms with E-state index in [9.17, 15) is 9.18 Å². The maximum Gasteiger partial charge on any atom is 0.229 e. The van der Waals surface area contributed by atoms with E-state index in [1.54, 1.807) is 18.3 Å². The minimum absolute atomic E-state index is 0.178. The number of piperidine rings is 1. The third-order valence-corrected chi connectivity index (χ3v) is 7.86. The fraction of sp³-hybridized carbons (Fsp3) is 0.520. The lowest BCUT2D eigenvalue weighted by molar-refractivity contribution is -0.135. The number of alkyl halides is 1. The van der Waals surface area contributed by atoms with Crippen molar-refractivity contribution >= 4 is 28.0 Å². The molecule has 4 atom stereocenters. The summed E-state index contributed by atoms with van der Waals surface area (Å²) in [5, 5.41) is 12.3. The van der Waals surface area contributed by atoms with Gasteiger partial charge in [-0.25, -0.2) is 4.39 Å². The molecule has 2 bridgehead atoms. The van der Waals surface area contributed by atoms with E-state index < -0.39 is 6.17 Å². The Morgan fingerprint density at radius 2 is 1.97 bits per heavy atom. The SMILES string of the molecule is Cc1nnc(-c2ccc3cnc(CC(=O)N4[C@@H]5CC[C@H]4CC(CCC(C)F)C5)cc3c2)s1. The maximum atomic E-state index is 13.3. The average Bonchev–Trinajstić information content (AvgIpc) is 3.32. The first kappa shape index (κ1) is 21.4. The summed E-state index contributed by atoms with van der Waals surface area (Å²) in [6.45, 7) is 3.59. The minimum Gasteiger partial charge on any atom is -0.336 e. The van der Waals surface area contributed by atoms with Gasteiger partial charge in [0.05, 0.1) is 18.3 Å². The Kier molecular flexibility index (Phi) is 5.93. The molecule has 0 saturated carbocycles. The highest BCUT2D eigenvalue weighted by Crippen LogP contribution is 2.41. The van der Waals surface area contributed by atoms with Crippen LogP contribution in [0.1, 0.15) is 56.2 Å². The average molecular weight is 453 g/mol. The first-order valence-electron chi connectivity index (χ1n) is 11.6. The second kappa shape index (κ2) is 8.85. The number of hydrogen-bond donors (Lipinski definition) is 0. The van der Waals surface area contributed by atoms with Crippen LogP contribution < -0.4 is 0 Å². The molecule has 168 valence electrons. The van der Waals surface area contributed by atoms with Crippen LogP contribution in [0.3, 0.4) is 0 Å². The van der Waals surface area contributed by atoms with Gasteiger partial charge in [-0.1, -0.05) is 23.5 Å². The molecule has 7 heteroatoms. The van der Waals surface area contributed by atoms with Gasteiger partial charge in [-0.05, 0) is 75.8 Å². The van der Waals surface area contributed by atoms with E-state index in [2.05, 4.69) is 26.1 Å². The summed E-state index contributed by atoms with van der Waals surface area (Å²) in [5.74, 6) is 0.730. The normalized spacial score (nSPS) is 23.6. The van der Waals surface area contributed by atoms with Gasteiger partial charge in [0.15, 0.2) is 0 Å². The topological polar surface area (TPSA) is 59.0 Å². The second-order valence-electron chi connectivity index (χ2n) is 9.42. The van der Waals surface area contributed by atoms with Crippen molar-refractivity contribution in [1.29, 1.82) is 0 Å². The lowest BCUT2D eigenvalue weighted by atomic mass is 9.86. The van der Waals surface area contributed by atoms with Crippen LogP contribution >= 0.6 is 11.3 Å². The zero-order valence-corrected chi connectivity index (χ0v) is 19.4. The van der Waals surface area contributed by atoms with Gasteiger partial charge < -0.3 is 4.90 Å². The van der Waals surface area contributed by atoms with Gasteiger partial charge in [0.1, 0.15) is 10.0 Å². The van der Waals surface area contributed by atoms with E-state index in [0.717, 1.165) is 64.1 Å². The summed E-state index contributed by atoms with van der Waals surface area (Å²) in [5.41, 5.74) is 1.84. The van der Waals surface area contributed by atoms with Crippen molar-refractivity contribution in [2.75, 3.05) is 0 Å². The van der Waals surface area contributed by atoms with Crippen LogP contribution in [0.5, 0.6) is 0 Å². The highest BCUT2D eigenvalue weighted by molar-refractivity contribution is 7.14. The summed E-state index contributed by atoms with van der Waals surface area (Å²) in [4.78, 5) is 19.9. The van der Waals surface area contributed by atoms with Crippen LogP contribution in [-0.4, -0.2) is 44.2 Å². The fourth-order valence-corrected chi connectivity index (χ4v) is 6.16. The molecule has 4 heterocycles. The molecular formula is C25H29FN4OS. The summed E-state index contributed by atoms with van der Waals surface area (Å²) >= 11 is 1.58. The molecule has 32 heavy (non-hydrogen) atoms. The molecule has 1 aromatic carbocycles. The van der Waals surface area contributed by atoms with Crippen molar-refractivity contribution in [3.05, 3.63) is 41.2 Å². The Labute approximate surface area is 192 Å². The first-order chi connectivity index (χ1) is 15.5. The number of hydrogen-bond acceptors (Lipinski definition) is 5. The number of pyridine rings is 1.